The third kappa shape index (κ3) is 2.69. The van der Waals surface area contributed by atoms with Gasteiger partial charge in [0.05, 0.1) is 0 Å². The number of carbonyl (C=O) groups is 1. The van der Waals surface area contributed by atoms with E-state index in [1.165, 1.54) is 0 Å². The smallest absolute Gasteiger partial charge is 0.323 e. The molecule has 1 saturated heterocycles. The van der Waals surface area contributed by atoms with Crippen LogP contribution in [-0.4, -0.2) is 47.7 Å². The van der Waals surface area contributed by atoms with Gasteiger partial charge in [-0.25, -0.2) is 0 Å². The van der Waals surface area contributed by atoms with Gasteiger partial charge in [0, 0.05) is 12.6 Å². The lowest BCUT2D eigenvalue weighted by atomic mass is 9.91. The van der Waals surface area contributed by atoms with E-state index in [-0.39, 0.29) is 0 Å². The predicted molar refractivity (Wildman–Crippen MR) is 60.0 cm³/mol. The lowest BCUT2D eigenvalue weighted by Gasteiger charge is -2.31. The molecule has 2 N–H and O–H groups in total. The molecule has 0 aromatic carbocycles. The molecule has 1 rings (SSSR count). The number of carboxylic acids is 1. The summed E-state index contributed by atoms with van der Waals surface area (Å²) in [5.74, 6) is -0.720. The number of rotatable bonds is 5. The van der Waals surface area contributed by atoms with Crippen molar-refractivity contribution in [3.8, 4) is 0 Å². The SMILES string of the molecule is CCC(CC)(NC1CCN(C)C1)C(=O)O. The van der Waals surface area contributed by atoms with E-state index in [1.54, 1.807) is 0 Å². The van der Waals surface area contributed by atoms with Crippen LogP contribution in [0.25, 0.3) is 0 Å². The summed E-state index contributed by atoms with van der Waals surface area (Å²) >= 11 is 0. The fourth-order valence-corrected chi connectivity index (χ4v) is 2.26. The van der Waals surface area contributed by atoms with Crippen molar-refractivity contribution in [1.29, 1.82) is 0 Å². The van der Waals surface area contributed by atoms with E-state index < -0.39 is 11.5 Å². The Morgan fingerprint density at radius 2 is 2.13 bits per heavy atom. The van der Waals surface area contributed by atoms with Crippen molar-refractivity contribution in [3.05, 3.63) is 0 Å². The molecule has 0 aromatic heterocycles. The monoisotopic (exact) mass is 214 g/mol. The molecule has 1 fully saturated rings. The molecule has 1 atom stereocenters. The highest BCUT2D eigenvalue weighted by Crippen LogP contribution is 2.19. The van der Waals surface area contributed by atoms with Gasteiger partial charge in [-0.15, -0.1) is 0 Å². The molecule has 0 amide bonds. The van der Waals surface area contributed by atoms with Crippen LogP contribution in [0.2, 0.25) is 0 Å². The number of nitrogens with zero attached hydrogens (tertiary/aromatic N) is 1. The molecular formula is C11H22N2O2. The normalized spacial score (nSPS) is 23.3. The lowest BCUT2D eigenvalue weighted by molar-refractivity contribution is -0.145. The van der Waals surface area contributed by atoms with Gasteiger partial charge in [0.15, 0.2) is 0 Å². The molecule has 0 aromatic rings. The Bertz CT molecular complexity index is 227. The highest BCUT2D eigenvalue weighted by molar-refractivity contribution is 5.78. The molecule has 88 valence electrons. The van der Waals surface area contributed by atoms with Crippen LogP contribution in [0.5, 0.6) is 0 Å². The van der Waals surface area contributed by atoms with Crippen molar-refractivity contribution >= 4 is 5.97 Å². The van der Waals surface area contributed by atoms with Crippen molar-refractivity contribution in [3.63, 3.8) is 0 Å². The fraction of sp³-hybridized carbons (Fsp3) is 0.909. The number of likely N-dealkylation sites (tertiary alicyclic amines) is 1. The molecule has 0 bridgehead atoms. The second-order valence-electron chi connectivity index (χ2n) is 4.49. The summed E-state index contributed by atoms with van der Waals surface area (Å²) in [5.41, 5.74) is -0.726. The fourth-order valence-electron chi connectivity index (χ4n) is 2.26. The van der Waals surface area contributed by atoms with Crippen LogP contribution in [0.3, 0.4) is 0 Å². The molecule has 1 aliphatic rings. The topological polar surface area (TPSA) is 52.6 Å². The summed E-state index contributed by atoms with van der Waals surface area (Å²) in [7, 11) is 2.07. The minimum absolute atomic E-state index is 0.325. The summed E-state index contributed by atoms with van der Waals surface area (Å²) in [6.45, 7) is 5.88. The first-order valence-electron chi connectivity index (χ1n) is 5.73. The minimum Gasteiger partial charge on any atom is -0.480 e. The molecule has 4 nitrogen and oxygen atoms in total. The Kier molecular flexibility index (Phi) is 4.11. The molecule has 0 radical (unpaired) electrons. The summed E-state index contributed by atoms with van der Waals surface area (Å²) in [5, 5.41) is 12.6. The quantitative estimate of drug-likeness (QED) is 0.714. The van der Waals surface area contributed by atoms with Gasteiger partial charge in [-0.1, -0.05) is 13.8 Å². The van der Waals surface area contributed by atoms with Gasteiger partial charge < -0.3 is 10.0 Å². The first kappa shape index (κ1) is 12.5. The van der Waals surface area contributed by atoms with Gasteiger partial charge in [0.25, 0.3) is 0 Å². The average molecular weight is 214 g/mol. The number of hydrogen-bond acceptors (Lipinski definition) is 3. The zero-order chi connectivity index (χ0) is 11.5. The molecular weight excluding hydrogens is 192 g/mol. The number of nitrogens with one attached hydrogen (secondary N) is 1. The number of hydrogen-bond donors (Lipinski definition) is 2. The highest BCUT2D eigenvalue weighted by atomic mass is 16.4. The van der Waals surface area contributed by atoms with E-state index in [4.69, 9.17) is 0 Å². The van der Waals surface area contributed by atoms with Crippen LogP contribution in [0, 0.1) is 0 Å². The van der Waals surface area contributed by atoms with Crippen LogP contribution < -0.4 is 5.32 Å². The van der Waals surface area contributed by atoms with E-state index in [2.05, 4.69) is 17.3 Å². The maximum atomic E-state index is 11.3. The maximum Gasteiger partial charge on any atom is 0.323 e. The summed E-state index contributed by atoms with van der Waals surface area (Å²) in [6, 6.07) is 0.325. The first-order chi connectivity index (χ1) is 7.04. The first-order valence-corrected chi connectivity index (χ1v) is 5.73. The molecule has 0 spiro atoms. The van der Waals surface area contributed by atoms with Crippen LogP contribution in [0.15, 0.2) is 0 Å². The van der Waals surface area contributed by atoms with E-state index in [1.807, 2.05) is 13.8 Å². The van der Waals surface area contributed by atoms with Gasteiger partial charge in [0.2, 0.25) is 0 Å². The molecule has 1 aliphatic heterocycles. The third-order valence-corrected chi connectivity index (χ3v) is 3.49. The molecule has 1 heterocycles. The lowest BCUT2D eigenvalue weighted by Crippen LogP contribution is -2.55. The van der Waals surface area contributed by atoms with Gasteiger partial charge in [0.1, 0.15) is 5.54 Å². The van der Waals surface area contributed by atoms with E-state index >= 15 is 0 Å². The second-order valence-corrected chi connectivity index (χ2v) is 4.49. The third-order valence-electron chi connectivity index (χ3n) is 3.49. The Morgan fingerprint density at radius 1 is 1.53 bits per heavy atom. The van der Waals surface area contributed by atoms with Gasteiger partial charge in [-0.2, -0.15) is 0 Å². The Labute approximate surface area is 91.6 Å². The minimum atomic E-state index is -0.726. The van der Waals surface area contributed by atoms with Crippen LogP contribution in [0.4, 0.5) is 0 Å². The van der Waals surface area contributed by atoms with Crippen LogP contribution in [0.1, 0.15) is 33.1 Å². The van der Waals surface area contributed by atoms with E-state index in [9.17, 15) is 9.90 Å². The zero-order valence-electron chi connectivity index (χ0n) is 9.92. The number of carboxylic acid groups (broad SMARTS) is 1. The van der Waals surface area contributed by atoms with Crippen LogP contribution >= 0.6 is 0 Å². The van der Waals surface area contributed by atoms with Crippen molar-refractivity contribution < 1.29 is 9.90 Å². The van der Waals surface area contributed by atoms with E-state index in [0.29, 0.717) is 18.9 Å². The second kappa shape index (κ2) is 4.94. The maximum absolute atomic E-state index is 11.3. The Hall–Kier alpha value is -0.610. The molecule has 15 heavy (non-hydrogen) atoms. The molecule has 4 heteroatoms. The predicted octanol–water partition coefficient (Wildman–Crippen LogP) is 0.923. The zero-order valence-corrected chi connectivity index (χ0v) is 9.92. The summed E-state index contributed by atoms with van der Waals surface area (Å²) in [6.07, 6.45) is 2.32. The van der Waals surface area contributed by atoms with Gasteiger partial charge in [-0.05, 0) is 32.9 Å². The van der Waals surface area contributed by atoms with Crippen molar-refractivity contribution in [2.45, 2.75) is 44.7 Å². The molecule has 1 unspecified atom stereocenters. The summed E-state index contributed by atoms with van der Waals surface area (Å²) in [4.78, 5) is 13.5. The van der Waals surface area contributed by atoms with E-state index in [0.717, 1.165) is 19.5 Å². The highest BCUT2D eigenvalue weighted by Gasteiger charge is 2.37. The molecule has 0 aliphatic carbocycles. The number of likely N-dealkylation sites (N-methyl/N-ethyl adjacent to an activating group) is 1. The Balaban J connectivity index is 2.62. The summed E-state index contributed by atoms with van der Waals surface area (Å²) < 4.78 is 0. The van der Waals surface area contributed by atoms with Crippen molar-refractivity contribution in [1.82, 2.24) is 10.2 Å². The molecule has 0 saturated carbocycles. The standard InChI is InChI=1S/C11H22N2O2/c1-4-11(5-2,10(14)15)12-9-6-7-13(3)8-9/h9,12H,4-8H2,1-3H3,(H,14,15). The van der Waals surface area contributed by atoms with Crippen molar-refractivity contribution in [2.75, 3.05) is 20.1 Å². The van der Waals surface area contributed by atoms with Crippen molar-refractivity contribution in [2.24, 2.45) is 0 Å². The van der Waals surface area contributed by atoms with Gasteiger partial charge in [-0.3, -0.25) is 10.1 Å². The average Bonchev–Trinajstić information content (AvgIpc) is 2.60. The van der Waals surface area contributed by atoms with Crippen LogP contribution in [-0.2, 0) is 4.79 Å². The largest absolute Gasteiger partial charge is 0.480 e. The number of aliphatic carboxylic acids is 1. The Morgan fingerprint density at radius 3 is 2.47 bits per heavy atom. The van der Waals surface area contributed by atoms with Gasteiger partial charge >= 0.3 is 5.97 Å².